The van der Waals surface area contributed by atoms with Crippen molar-refractivity contribution in [1.29, 1.82) is 0 Å². The van der Waals surface area contributed by atoms with Crippen molar-refractivity contribution in [3.8, 4) is 0 Å². The zero-order valence-corrected chi connectivity index (χ0v) is 13.0. The Bertz CT molecular complexity index is 602. The summed E-state index contributed by atoms with van der Waals surface area (Å²) in [7, 11) is 0. The lowest BCUT2D eigenvalue weighted by Gasteiger charge is -2.14. The Hall–Kier alpha value is -0.780. The van der Waals surface area contributed by atoms with Crippen LogP contribution in [0.25, 0.3) is 0 Å². The van der Waals surface area contributed by atoms with Crippen LogP contribution in [-0.2, 0) is 6.42 Å². The van der Waals surface area contributed by atoms with Crippen LogP contribution in [0.2, 0.25) is 0 Å². The maximum atomic E-state index is 13.8. The molecule has 100 valence electrons. The summed E-state index contributed by atoms with van der Waals surface area (Å²) in [5.74, 6) is -0.713. The van der Waals surface area contributed by atoms with Gasteiger partial charge in [-0.15, -0.1) is 0 Å². The minimum Gasteiger partial charge on any atom is -0.324 e. The normalized spacial score (nSPS) is 12.5. The monoisotopic (exact) mass is 389 g/mol. The largest absolute Gasteiger partial charge is 0.324 e. The third-order valence-electron chi connectivity index (χ3n) is 2.83. The highest BCUT2D eigenvalue weighted by molar-refractivity contribution is 9.10. The molecule has 2 rings (SSSR count). The molecule has 1 nitrogen and oxygen atoms in total. The van der Waals surface area contributed by atoms with Crippen LogP contribution in [0.3, 0.4) is 0 Å². The zero-order valence-electron chi connectivity index (χ0n) is 9.84. The van der Waals surface area contributed by atoms with Crippen LogP contribution in [0.1, 0.15) is 17.2 Å². The third-order valence-corrected chi connectivity index (χ3v) is 4.21. The number of nitrogens with two attached hydrogens (primary N) is 1. The van der Waals surface area contributed by atoms with Gasteiger partial charge < -0.3 is 5.73 Å². The van der Waals surface area contributed by atoms with Crippen LogP contribution >= 0.6 is 31.9 Å². The average molecular weight is 391 g/mol. The summed E-state index contributed by atoms with van der Waals surface area (Å²) < 4.78 is 28.2. The van der Waals surface area contributed by atoms with Crippen molar-refractivity contribution in [3.05, 3.63) is 68.1 Å². The van der Waals surface area contributed by atoms with Crippen molar-refractivity contribution < 1.29 is 8.78 Å². The zero-order chi connectivity index (χ0) is 14.0. The molecule has 2 N–H and O–H groups in total. The molecule has 0 aliphatic carbocycles. The van der Waals surface area contributed by atoms with Gasteiger partial charge in [0.25, 0.3) is 0 Å². The second-order valence-electron chi connectivity index (χ2n) is 4.19. The lowest BCUT2D eigenvalue weighted by atomic mass is 9.99. The van der Waals surface area contributed by atoms with Crippen molar-refractivity contribution in [2.45, 2.75) is 12.5 Å². The molecule has 2 aromatic carbocycles. The summed E-state index contributed by atoms with van der Waals surface area (Å²) in [5, 5.41) is 0. The van der Waals surface area contributed by atoms with Crippen molar-refractivity contribution in [2.24, 2.45) is 5.73 Å². The van der Waals surface area contributed by atoms with Crippen molar-refractivity contribution in [2.75, 3.05) is 0 Å². The van der Waals surface area contributed by atoms with E-state index in [1.54, 1.807) is 24.3 Å². The molecule has 0 heterocycles. The van der Waals surface area contributed by atoms with E-state index in [-0.39, 0.29) is 11.6 Å². The fourth-order valence-corrected chi connectivity index (χ4v) is 2.61. The van der Waals surface area contributed by atoms with Gasteiger partial charge >= 0.3 is 0 Å². The Labute approximate surface area is 127 Å². The van der Waals surface area contributed by atoms with Crippen LogP contribution in [0.5, 0.6) is 0 Å². The Morgan fingerprint density at radius 1 is 1.05 bits per heavy atom. The van der Waals surface area contributed by atoms with Gasteiger partial charge in [-0.05, 0) is 46.1 Å². The maximum absolute atomic E-state index is 13.8. The van der Waals surface area contributed by atoms with E-state index in [2.05, 4.69) is 31.9 Å². The molecule has 19 heavy (non-hydrogen) atoms. The van der Waals surface area contributed by atoms with E-state index in [0.29, 0.717) is 20.9 Å². The molecule has 0 saturated heterocycles. The molecule has 0 aromatic heterocycles. The molecule has 0 fully saturated rings. The predicted octanol–water partition coefficient (Wildman–Crippen LogP) is 4.73. The Morgan fingerprint density at radius 2 is 1.79 bits per heavy atom. The molecule has 1 unspecified atom stereocenters. The lowest BCUT2D eigenvalue weighted by molar-refractivity contribution is 0.576. The van der Waals surface area contributed by atoms with E-state index in [9.17, 15) is 8.78 Å². The van der Waals surface area contributed by atoms with Gasteiger partial charge in [0.05, 0.1) is 4.47 Å². The molecule has 5 heteroatoms. The quantitative estimate of drug-likeness (QED) is 0.805. The average Bonchev–Trinajstić information content (AvgIpc) is 2.34. The Morgan fingerprint density at radius 3 is 2.47 bits per heavy atom. The highest BCUT2D eigenvalue weighted by Crippen LogP contribution is 2.27. The Kier molecular flexibility index (Phi) is 4.71. The minimum absolute atomic E-state index is 0.346. The fraction of sp³-hybridized carbons (Fsp3) is 0.143. The summed E-state index contributed by atoms with van der Waals surface area (Å²) in [6.07, 6.45) is 0.358. The van der Waals surface area contributed by atoms with Crippen LogP contribution in [0.15, 0.2) is 45.3 Å². The third kappa shape index (κ3) is 3.41. The van der Waals surface area contributed by atoms with Gasteiger partial charge in [-0.25, -0.2) is 8.78 Å². The summed E-state index contributed by atoms with van der Waals surface area (Å²) >= 11 is 6.38. The topological polar surface area (TPSA) is 26.0 Å². The smallest absolute Gasteiger partial charge is 0.137 e. The van der Waals surface area contributed by atoms with Crippen LogP contribution in [0.4, 0.5) is 8.78 Å². The number of benzene rings is 2. The molecule has 0 bridgehead atoms. The van der Waals surface area contributed by atoms with E-state index in [1.165, 1.54) is 12.1 Å². The maximum Gasteiger partial charge on any atom is 0.137 e. The summed E-state index contributed by atoms with van der Waals surface area (Å²) in [5.41, 5.74) is 7.13. The van der Waals surface area contributed by atoms with E-state index in [0.717, 1.165) is 5.56 Å². The molecule has 0 saturated carbocycles. The minimum atomic E-state index is -0.522. The standard InChI is InChI=1S/C14H11Br2F2N/c15-9-4-5-10(12(18)7-9)13(19)6-8-2-1-3-11(17)14(8)16/h1-5,7,13H,6,19H2. The molecule has 0 amide bonds. The van der Waals surface area contributed by atoms with E-state index >= 15 is 0 Å². The number of hydrogen-bond acceptors (Lipinski definition) is 1. The molecule has 0 radical (unpaired) electrons. The molecule has 0 aliphatic rings. The second kappa shape index (κ2) is 6.11. The molecule has 1 atom stereocenters. The number of hydrogen-bond donors (Lipinski definition) is 1. The van der Waals surface area contributed by atoms with Crippen LogP contribution in [0, 0.1) is 11.6 Å². The fourth-order valence-electron chi connectivity index (χ4n) is 1.86. The molecule has 0 aliphatic heterocycles. The molecule has 0 spiro atoms. The van der Waals surface area contributed by atoms with Gasteiger partial charge in [0, 0.05) is 16.1 Å². The van der Waals surface area contributed by atoms with Crippen LogP contribution in [-0.4, -0.2) is 0 Å². The van der Waals surface area contributed by atoms with Gasteiger partial charge in [0.2, 0.25) is 0 Å². The first-order valence-corrected chi connectivity index (χ1v) is 7.21. The van der Waals surface area contributed by atoms with Gasteiger partial charge in [-0.2, -0.15) is 0 Å². The Balaban J connectivity index is 2.25. The van der Waals surface area contributed by atoms with Crippen molar-refractivity contribution in [1.82, 2.24) is 0 Å². The number of halogens is 4. The summed E-state index contributed by atoms with van der Waals surface area (Å²) in [6, 6.07) is 8.96. The van der Waals surface area contributed by atoms with Gasteiger partial charge in [-0.1, -0.05) is 34.1 Å². The van der Waals surface area contributed by atoms with Crippen molar-refractivity contribution in [3.63, 3.8) is 0 Å². The van der Waals surface area contributed by atoms with E-state index < -0.39 is 6.04 Å². The second-order valence-corrected chi connectivity index (χ2v) is 5.90. The van der Waals surface area contributed by atoms with Gasteiger partial charge in [0.1, 0.15) is 11.6 Å². The summed E-state index contributed by atoms with van der Waals surface area (Å²) in [6.45, 7) is 0. The highest BCUT2D eigenvalue weighted by atomic mass is 79.9. The van der Waals surface area contributed by atoms with Crippen molar-refractivity contribution >= 4 is 31.9 Å². The first-order valence-electron chi connectivity index (χ1n) is 5.62. The first-order chi connectivity index (χ1) is 8.99. The first kappa shape index (κ1) is 14.6. The van der Waals surface area contributed by atoms with Gasteiger partial charge in [0.15, 0.2) is 0 Å². The highest BCUT2D eigenvalue weighted by Gasteiger charge is 2.15. The van der Waals surface area contributed by atoms with E-state index in [1.807, 2.05) is 0 Å². The van der Waals surface area contributed by atoms with Gasteiger partial charge in [-0.3, -0.25) is 0 Å². The predicted molar refractivity (Wildman–Crippen MR) is 78.8 cm³/mol. The summed E-state index contributed by atoms with van der Waals surface area (Å²) in [4.78, 5) is 0. The SMILES string of the molecule is NC(Cc1cccc(F)c1Br)c1ccc(Br)cc1F. The molecular formula is C14H11Br2F2N. The lowest BCUT2D eigenvalue weighted by Crippen LogP contribution is -2.15. The number of rotatable bonds is 3. The molecule has 2 aromatic rings. The molecular weight excluding hydrogens is 380 g/mol. The van der Waals surface area contributed by atoms with E-state index in [4.69, 9.17) is 5.73 Å². The van der Waals surface area contributed by atoms with Crippen LogP contribution < -0.4 is 5.73 Å².